The van der Waals surface area contributed by atoms with Crippen molar-refractivity contribution in [1.29, 1.82) is 0 Å². The molecule has 3 aromatic rings. The first-order chi connectivity index (χ1) is 13.6. The molecule has 0 unspecified atom stereocenters. The lowest BCUT2D eigenvalue weighted by molar-refractivity contribution is 0.242. The molecule has 8 nitrogen and oxygen atoms in total. The minimum atomic E-state index is -0.513. The fourth-order valence-corrected chi connectivity index (χ4v) is 2.87. The maximum atomic E-state index is 14.1. The predicted molar refractivity (Wildman–Crippen MR) is 107 cm³/mol. The molecule has 0 atom stereocenters. The lowest BCUT2D eigenvalue weighted by Gasteiger charge is -2.08. The molecular weight excluding hydrogens is 385 g/mol. The summed E-state index contributed by atoms with van der Waals surface area (Å²) >= 11 is 6.02. The van der Waals surface area contributed by atoms with Crippen molar-refractivity contribution >= 4 is 34.5 Å². The summed E-state index contributed by atoms with van der Waals surface area (Å²) in [5.74, 6) is 0.0212. The molecule has 0 saturated carbocycles. The summed E-state index contributed by atoms with van der Waals surface area (Å²) < 4.78 is 14.1. The molecular formula is C18H21ClFN7O. The van der Waals surface area contributed by atoms with E-state index >= 15 is 0 Å². The molecule has 10 heteroatoms. The van der Waals surface area contributed by atoms with Crippen LogP contribution in [0.15, 0.2) is 24.7 Å². The number of urea groups is 1. The van der Waals surface area contributed by atoms with E-state index in [9.17, 15) is 9.18 Å². The Balaban J connectivity index is 1.59. The van der Waals surface area contributed by atoms with Crippen molar-refractivity contribution in [3.8, 4) is 11.4 Å². The highest BCUT2D eigenvalue weighted by Crippen LogP contribution is 2.28. The number of H-pyrrole nitrogens is 1. The molecule has 0 spiro atoms. The number of aromatic nitrogens is 4. The van der Waals surface area contributed by atoms with Gasteiger partial charge in [0.2, 0.25) is 0 Å². The molecule has 28 heavy (non-hydrogen) atoms. The van der Waals surface area contributed by atoms with Gasteiger partial charge in [-0.3, -0.25) is 0 Å². The van der Waals surface area contributed by atoms with E-state index in [1.807, 2.05) is 0 Å². The molecule has 0 saturated heterocycles. The molecule has 3 aromatic heterocycles. The molecule has 0 aliphatic carbocycles. The quantitative estimate of drug-likeness (QED) is 0.430. The average Bonchev–Trinajstić information content (AvgIpc) is 3.11. The number of rotatable bonds is 8. The summed E-state index contributed by atoms with van der Waals surface area (Å²) in [6.45, 7) is 1.16. The van der Waals surface area contributed by atoms with Crippen LogP contribution in [0.2, 0.25) is 5.02 Å². The van der Waals surface area contributed by atoms with E-state index in [4.69, 9.17) is 11.6 Å². The van der Waals surface area contributed by atoms with Gasteiger partial charge in [-0.1, -0.05) is 11.6 Å². The highest BCUT2D eigenvalue weighted by molar-refractivity contribution is 6.31. The number of unbranched alkanes of at least 4 members (excludes halogenated alkanes) is 2. The Morgan fingerprint density at radius 2 is 2.04 bits per heavy atom. The smallest absolute Gasteiger partial charge is 0.314 e. The predicted octanol–water partition coefficient (Wildman–Crippen LogP) is 3.32. The number of carbonyl (C=O) groups excluding carboxylic acids is 1. The first-order valence-electron chi connectivity index (χ1n) is 8.93. The van der Waals surface area contributed by atoms with Crippen LogP contribution in [0.25, 0.3) is 22.4 Å². The Bertz CT molecular complexity index is 962. The van der Waals surface area contributed by atoms with Gasteiger partial charge in [-0.25, -0.2) is 24.1 Å². The number of anilines is 1. The number of nitrogens with one attached hydrogen (secondary N) is 4. The number of hydrogen-bond acceptors (Lipinski definition) is 5. The normalized spacial score (nSPS) is 10.8. The zero-order valence-corrected chi connectivity index (χ0v) is 16.1. The Morgan fingerprint density at radius 3 is 2.86 bits per heavy atom. The van der Waals surface area contributed by atoms with Crippen LogP contribution in [0.1, 0.15) is 19.3 Å². The monoisotopic (exact) mass is 405 g/mol. The van der Waals surface area contributed by atoms with Gasteiger partial charge in [0.05, 0.1) is 11.2 Å². The molecule has 4 N–H and O–H groups in total. The van der Waals surface area contributed by atoms with Gasteiger partial charge in [0.15, 0.2) is 17.5 Å². The number of fused-ring (bicyclic) bond motifs is 1. The third kappa shape index (κ3) is 4.86. The Kier molecular flexibility index (Phi) is 6.59. The average molecular weight is 406 g/mol. The summed E-state index contributed by atoms with van der Waals surface area (Å²) in [6.07, 6.45) is 6.98. The Hall–Kier alpha value is -2.94. The van der Waals surface area contributed by atoms with Gasteiger partial charge in [0, 0.05) is 43.5 Å². The number of pyridine rings is 1. The molecule has 0 aliphatic heterocycles. The molecule has 2 amide bonds. The van der Waals surface area contributed by atoms with E-state index in [2.05, 4.69) is 35.9 Å². The van der Waals surface area contributed by atoms with Gasteiger partial charge in [0.1, 0.15) is 5.65 Å². The standard InChI is InChI=1S/C18H21ClFN7O/c1-21-18(28)23-6-4-2-3-5-22-17-14(20)10-26-16(27-17)13-9-25-15-12(13)7-11(19)8-24-15/h7-10H,2-6H2,1H3,(H,24,25)(H2,21,23,28)(H,22,26,27). The van der Waals surface area contributed by atoms with Gasteiger partial charge in [-0.15, -0.1) is 0 Å². The summed E-state index contributed by atoms with van der Waals surface area (Å²) in [5.41, 5.74) is 1.36. The van der Waals surface area contributed by atoms with E-state index in [0.717, 1.165) is 30.8 Å². The highest BCUT2D eigenvalue weighted by atomic mass is 35.5. The third-order valence-corrected chi connectivity index (χ3v) is 4.35. The van der Waals surface area contributed by atoms with Crippen LogP contribution < -0.4 is 16.0 Å². The summed E-state index contributed by atoms with van der Waals surface area (Å²) in [6, 6.07) is 1.57. The maximum absolute atomic E-state index is 14.1. The molecule has 3 heterocycles. The molecule has 0 aromatic carbocycles. The summed E-state index contributed by atoms with van der Waals surface area (Å²) in [7, 11) is 1.57. The van der Waals surface area contributed by atoms with Gasteiger partial charge in [-0.2, -0.15) is 0 Å². The molecule has 0 radical (unpaired) electrons. The van der Waals surface area contributed by atoms with Crippen molar-refractivity contribution in [2.45, 2.75) is 19.3 Å². The van der Waals surface area contributed by atoms with Gasteiger partial charge in [0.25, 0.3) is 0 Å². The molecule has 148 valence electrons. The zero-order chi connectivity index (χ0) is 19.9. The number of nitrogens with zero attached hydrogens (tertiary/aromatic N) is 3. The van der Waals surface area contributed by atoms with Crippen LogP contribution in [0.4, 0.5) is 15.0 Å². The SMILES string of the molecule is CNC(=O)NCCCCCNc1nc(-c2c[nH]c3ncc(Cl)cc23)ncc1F. The first-order valence-corrected chi connectivity index (χ1v) is 9.31. The Labute approximate surface area is 166 Å². The third-order valence-electron chi connectivity index (χ3n) is 4.14. The second-order valence-corrected chi connectivity index (χ2v) is 6.57. The maximum Gasteiger partial charge on any atom is 0.314 e. The number of hydrogen-bond donors (Lipinski definition) is 4. The first kappa shape index (κ1) is 19.8. The van der Waals surface area contributed by atoms with E-state index in [0.29, 0.717) is 35.1 Å². The van der Waals surface area contributed by atoms with Crippen molar-refractivity contribution < 1.29 is 9.18 Å². The fourth-order valence-electron chi connectivity index (χ4n) is 2.71. The highest BCUT2D eigenvalue weighted by Gasteiger charge is 2.13. The van der Waals surface area contributed by atoms with Gasteiger partial charge >= 0.3 is 6.03 Å². The van der Waals surface area contributed by atoms with Gasteiger partial charge in [-0.05, 0) is 25.3 Å². The molecule has 3 rings (SSSR count). The molecule has 0 bridgehead atoms. The second-order valence-electron chi connectivity index (χ2n) is 6.14. The van der Waals surface area contributed by atoms with Crippen LogP contribution in [-0.4, -0.2) is 46.1 Å². The lowest BCUT2D eigenvalue weighted by Crippen LogP contribution is -2.33. The molecule has 0 fully saturated rings. The van der Waals surface area contributed by atoms with Crippen molar-refractivity contribution in [3.05, 3.63) is 35.5 Å². The topological polar surface area (TPSA) is 108 Å². The molecule has 0 aliphatic rings. The Morgan fingerprint density at radius 1 is 1.21 bits per heavy atom. The van der Waals surface area contributed by atoms with E-state index in [-0.39, 0.29) is 11.8 Å². The van der Waals surface area contributed by atoms with E-state index in [1.165, 1.54) is 0 Å². The number of carbonyl (C=O) groups is 1. The van der Waals surface area contributed by atoms with Crippen LogP contribution in [0.3, 0.4) is 0 Å². The van der Waals surface area contributed by atoms with E-state index < -0.39 is 5.82 Å². The lowest BCUT2D eigenvalue weighted by atomic mass is 10.2. The number of aromatic amines is 1. The van der Waals surface area contributed by atoms with Crippen molar-refractivity contribution in [2.24, 2.45) is 0 Å². The zero-order valence-electron chi connectivity index (χ0n) is 15.4. The minimum absolute atomic E-state index is 0.151. The largest absolute Gasteiger partial charge is 0.368 e. The second kappa shape index (κ2) is 9.32. The van der Waals surface area contributed by atoms with Crippen molar-refractivity contribution in [3.63, 3.8) is 0 Å². The minimum Gasteiger partial charge on any atom is -0.368 e. The van der Waals surface area contributed by atoms with E-state index in [1.54, 1.807) is 25.5 Å². The summed E-state index contributed by atoms with van der Waals surface area (Å²) in [5, 5.41) is 9.50. The van der Waals surface area contributed by atoms with Gasteiger partial charge < -0.3 is 20.9 Å². The van der Waals surface area contributed by atoms with Crippen LogP contribution in [0, 0.1) is 5.82 Å². The van der Waals surface area contributed by atoms with Crippen molar-refractivity contribution in [2.75, 3.05) is 25.5 Å². The van der Waals surface area contributed by atoms with Crippen molar-refractivity contribution in [1.82, 2.24) is 30.6 Å². The van der Waals surface area contributed by atoms with Crippen LogP contribution in [-0.2, 0) is 0 Å². The number of amides is 2. The van der Waals surface area contributed by atoms with Crippen LogP contribution in [0.5, 0.6) is 0 Å². The fraction of sp³-hybridized carbons (Fsp3) is 0.333. The summed E-state index contributed by atoms with van der Waals surface area (Å²) in [4.78, 5) is 26.7. The number of halogens is 2. The van der Waals surface area contributed by atoms with Crippen LogP contribution >= 0.6 is 11.6 Å².